The molecule has 0 unspecified atom stereocenters. The summed E-state index contributed by atoms with van der Waals surface area (Å²) in [6.45, 7) is 4.20. The summed E-state index contributed by atoms with van der Waals surface area (Å²) in [5, 5.41) is 3.49. The van der Waals surface area contributed by atoms with Gasteiger partial charge in [-0.05, 0) is 36.6 Å². The van der Waals surface area contributed by atoms with Crippen LogP contribution in [0.25, 0.3) is 6.08 Å². The predicted octanol–water partition coefficient (Wildman–Crippen LogP) is 3.19. The molecule has 1 aromatic carbocycles. The van der Waals surface area contributed by atoms with Crippen molar-refractivity contribution in [1.29, 1.82) is 0 Å². The second-order valence-electron chi connectivity index (χ2n) is 3.74. The number of benzene rings is 1. The van der Waals surface area contributed by atoms with Crippen LogP contribution in [-0.2, 0) is 4.79 Å². The highest BCUT2D eigenvalue weighted by molar-refractivity contribution is 6.30. The van der Waals surface area contributed by atoms with Crippen molar-refractivity contribution in [2.45, 2.75) is 20.3 Å². The van der Waals surface area contributed by atoms with Gasteiger partial charge < -0.3 is 5.32 Å². The van der Waals surface area contributed by atoms with Gasteiger partial charge in [0.15, 0.2) is 0 Å². The van der Waals surface area contributed by atoms with Crippen LogP contribution in [0.4, 0.5) is 0 Å². The summed E-state index contributed by atoms with van der Waals surface area (Å²) in [5.41, 5.74) is 2.24. The molecular formula is C13H16ClNO. The predicted molar refractivity (Wildman–Crippen MR) is 68.5 cm³/mol. The van der Waals surface area contributed by atoms with Crippen LogP contribution in [0.1, 0.15) is 24.5 Å². The van der Waals surface area contributed by atoms with E-state index >= 15 is 0 Å². The van der Waals surface area contributed by atoms with Gasteiger partial charge in [-0.2, -0.15) is 0 Å². The van der Waals surface area contributed by atoms with Crippen LogP contribution in [0.3, 0.4) is 0 Å². The Morgan fingerprint density at radius 2 is 2.19 bits per heavy atom. The third-order valence-corrected chi connectivity index (χ3v) is 2.28. The molecule has 0 spiro atoms. The SMILES string of the molecule is CC(=O)NCCC=Cc1cc(C)cc(Cl)c1. The minimum Gasteiger partial charge on any atom is -0.356 e. The number of rotatable bonds is 4. The summed E-state index contributed by atoms with van der Waals surface area (Å²) in [7, 11) is 0. The van der Waals surface area contributed by atoms with Crippen LogP contribution in [0.5, 0.6) is 0 Å². The van der Waals surface area contributed by atoms with Crippen molar-refractivity contribution in [2.24, 2.45) is 0 Å². The fourth-order valence-corrected chi connectivity index (χ4v) is 1.71. The van der Waals surface area contributed by atoms with E-state index < -0.39 is 0 Å². The van der Waals surface area contributed by atoms with Crippen LogP contribution in [0.2, 0.25) is 5.02 Å². The van der Waals surface area contributed by atoms with Gasteiger partial charge in [0.05, 0.1) is 0 Å². The van der Waals surface area contributed by atoms with Gasteiger partial charge in [0.2, 0.25) is 5.91 Å². The zero-order chi connectivity index (χ0) is 12.0. The Hall–Kier alpha value is -1.28. The van der Waals surface area contributed by atoms with Gasteiger partial charge in [-0.1, -0.05) is 29.8 Å². The maximum atomic E-state index is 10.6. The minimum atomic E-state index is 0.00648. The van der Waals surface area contributed by atoms with E-state index in [1.165, 1.54) is 6.92 Å². The Morgan fingerprint density at radius 1 is 1.44 bits per heavy atom. The Labute approximate surface area is 101 Å². The van der Waals surface area contributed by atoms with Crippen molar-refractivity contribution in [3.63, 3.8) is 0 Å². The molecule has 0 bridgehead atoms. The standard InChI is InChI=1S/C13H16ClNO/c1-10-7-12(9-13(14)8-10)5-3-4-6-15-11(2)16/h3,5,7-9H,4,6H2,1-2H3,(H,15,16). The average molecular weight is 238 g/mol. The molecule has 0 aromatic heterocycles. The van der Waals surface area contributed by atoms with Crippen LogP contribution < -0.4 is 5.32 Å². The van der Waals surface area contributed by atoms with E-state index in [0.29, 0.717) is 6.54 Å². The number of amides is 1. The van der Waals surface area contributed by atoms with Crippen LogP contribution >= 0.6 is 11.6 Å². The molecule has 0 atom stereocenters. The molecule has 0 heterocycles. The molecule has 0 radical (unpaired) electrons. The number of hydrogen-bond donors (Lipinski definition) is 1. The molecule has 0 fully saturated rings. The van der Waals surface area contributed by atoms with Gasteiger partial charge in [-0.15, -0.1) is 0 Å². The van der Waals surface area contributed by atoms with E-state index in [4.69, 9.17) is 11.6 Å². The highest BCUT2D eigenvalue weighted by atomic mass is 35.5. The summed E-state index contributed by atoms with van der Waals surface area (Å²) < 4.78 is 0. The number of hydrogen-bond acceptors (Lipinski definition) is 1. The fourth-order valence-electron chi connectivity index (χ4n) is 1.41. The molecule has 1 aromatic rings. The van der Waals surface area contributed by atoms with Crippen LogP contribution in [-0.4, -0.2) is 12.5 Å². The first-order valence-corrected chi connectivity index (χ1v) is 5.64. The van der Waals surface area contributed by atoms with Gasteiger partial charge in [0, 0.05) is 18.5 Å². The summed E-state index contributed by atoms with van der Waals surface area (Å²) in [5.74, 6) is 0.00648. The van der Waals surface area contributed by atoms with E-state index in [-0.39, 0.29) is 5.91 Å². The molecule has 2 nitrogen and oxygen atoms in total. The number of nitrogens with one attached hydrogen (secondary N) is 1. The zero-order valence-corrected chi connectivity index (χ0v) is 10.3. The number of carbonyl (C=O) groups excluding carboxylic acids is 1. The smallest absolute Gasteiger partial charge is 0.216 e. The number of halogens is 1. The molecule has 1 amide bonds. The second kappa shape index (κ2) is 6.33. The van der Waals surface area contributed by atoms with Crippen molar-refractivity contribution >= 4 is 23.6 Å². The lowest BCUT2D eigenvalue weighted by Crippen LogP contribution is -2.20. The lowest BCUT2D eigenvalue weighted by Gasteiger charge is -1.99. The molecule has 1 rings (SSSR count). The molecule has 16 heavy (non-hydrogen) atoms. The summed E-state index contributed by atoms with van der Waals surface area (Å²) >= 11 is 5.94. The molecule has 0 aliphatic heterocycles. The monoisotopic (exact) mass is 237 g/mol. The van der Waals surface area contributed by atoms with Gasteiger partial charge in [0.25, 0.3) is 0 Å². The normalized spacial score (nSPS) is 10.7. The van der Waals surface area contributed by atoms with Gasteiger partial charge in [0.1, 0.15) is 0 Å². The van der Waals surface area contributed by atoms with Crippen molar-refractivity contribution in [1.82, 2.24) is 5.32 Å². The Kier molecular flexibility index (Phi) is 5.06. The van der Waals surface area contributed by atoms with E-state index in [9.17, 15) is 4.79 Å². The quantitative estimate of drug-likeness (QED) is 0.801. The van der Waals surface area contributed by atoms with E-state index in [0.717, 1.165) is 22.6 Å². The third kappa shape index (κ3) is 4.99. The largest absolute Gasteiger partial charge is 0.356 e. The molecule has 86 valence electrons. The van der Waals surface area contributed by atoms with Crippen LogP contribution in [0.15, 0.2) is 24.3 Å². The molecule has 1 N–H and O–H groups in total. The van der Waals surface area contributed by atoms with Gasteiger partial charge in [-0.25, -0.2) is 0 Å². The fraction of sp³-hybridized carbons (Fsp3) is 0.308. The lowest BCUT2D eigenvalue weighted by atomic mass is 10.1. The molecular weight excluding hydrogens is 222 g/mol. The van der Waals surface area contributed by atoms with Crippen molar-refractivity contribution in [3.8, 4) is 0 Å². The maximum Gasteiger partial charge on any atom is 0.216 e. The van der Waals surface area contributed by atoms with Gasteiger partial charge in [-0.3, -0.25) is 4.79 Å². The minimum absolute atomic E-state index is 0.00648. The Balaban J connectivity index is 2.46. The summed E-state index contributed by atoms with van der Waals surface area (Å²) in [6, 6.07) is 5.92. The Bertz CT molecular complexity index is 379. The molecule has 3 heteroatoms. The first-order valence-electron chi connectivity index (χ1n) is 5.26. The second-order valence-corrected chi connectivity index (χ2v) is 4.17. The van der Waals surface area contributed by atoms with E-state index in [1.807, 2.05) is 31.2 Å². The number of aryl methyl sites for hydroxylation is 1. The third-order valence-electron chi connectivity index (χ3n) is 2.06. The summed E-state index contributed by atoms with van der Waals surface area (Å²) in [4.78, 5) is 10.6. The lowest BCUT2D eigenvalue weighted by molar-refractivity contribution is -0.118. The Morgan fingerprint density at radius 3 is 2.81 bits per heavy atom. The first-order chi connectivity index (χ1) is 7.58. The maximum absolute atomic E-state index is 10.6. The molecule has 0 aliphatic carbocycles. The summed E-state index contributed by atoms with van der Waals surface area (Å²) in [6.07, 6.45) is 4.87. The van der Waals surface area contributed by atoms with Crippen molar-refractivity contribution in [2.75, 3.05) is 6.54 Å². The number of carbonyl (C=O) groups is 1. The molecule has 0 saturated carbocycles. The topological polar surface area (TPSA) is 29.1 Å². The highest BCUT2D eigenvalue weighted by Crippen LogP contribution is 2.15. The van der Waals surface area contributed by atoms with E-state index in [1.54, 1.807) is 0 Å². The molecule has 0 aliphatic rings. The average Bonchev–Trinajstić information content (AvgIpc) is 2.15. The van der Waals surface area contributed by atoms with Gasteiger partial charge >= 0.3 is 0 Å². The van der Waals surface area contributed by atoms with Crippen LogP contribution in [0, 0.1) is 6.92 Å². The van der Waals surface area contributed by atoms with Crippen molar-refractivity contribution in [3.05, 3.63) is 40.4 Å². The zero-order valence-electron chi connectivity index (χ0n) is 9.59. The van der Waals surface area contributed by atoms with Crippen molar-refractivity contribution < 1.29 is 4.79 Å². The molecule has 0 saturated heterocycles. The highest BCUT2D eigenvalue weighted by Gasteiger charge is 1.93. The van der Waals surface area contributed by atoms with E-state index in [2.05, 4.69) is 11.4 Å². The first kappa shape index (κ1) is 12.8.